The summed E-state index contributed by atoms with van der Waals surface area (Å²) in [4.78, 5) is 9.69. The lowest BCUT2D eigenvalue weighted by Crippen LogP contribution is -2.02. The Bertz CT molecular complexity index is 937. The minimum Gasteiger partial charge on any atom is -0.261 e. The third-order valence-electron chi connectivity index (χ3n) is 6.03. The van der Waals surface area contributed by atoms with Crippen molar-refractivity contribution in [1.29, 1.82) is 0 Å². The Morgan fingerprint density at radius 1 is 0.727 bits per heavy atom. The minimum atomic E-state index is -3.65. The van der Waals surface area contributed by atoms with Gasteiger partial charge in [0.2, 0.25) is 9.84 Å². The van der Waals surface area contributed by atoms with Crippen LogP contribution in [0.2, 0.25) is 0 Å². The van der Waals surface area contributed by atoms with E-state index in [2.05, 4.69) is 37.7 Å². The summed E-state index contributed by atoms with van der Waals surface area (Å²) in [5.41, 5.74) is 1.34. The lowest BCUT2D eigenvalue weighted by atomic mass is 10.0. The molecule has 0 aliphatic carbocycles. The normalized spacial score (nSPS) is 14.2. The molecule has 4 nitrogen and oxygen atoms in total. The predicted molar refractivity (Wildman–Crippen MR) is 141 cm³/mol. The van der Waals surface area contributed by atoms with E-state index in [0.717, 1.165) is 25.7 Å². The maximum atomic E-state index is 13.3. The fraction of sp³-hybridized carbons (Fsp3) is 0.500. The van der Waals surface area contributed by atoms with Gasteiger partial charge in [0.1, 0.15) is 0 Å². The number of aliphatic imine (C=N–C) groups is 2. The maximum absolute atomic E-state index is 13.3. The zero-order valence-corrected chi connectivity index (χ0v) is 21.5. The fourth-order valence-corrected chi connectivity index (χ4v) is 5.02. The Balaban J connectivity index is 2.23. The number of unbranched alkanes of at least 4 members (excludes halogenated alkanes) is 2. The lowest BCUT2D eigenvalue weighted by molar-refractivity contribution is 0.576. The molecule has 5 heteroatoms. The van der Waals surface area contributed by atoms with Crippen LogP contribution in [0.15, 0.2) is 68.3 Å². The molecule has 2 rings (SSSR count). The van der Waals surface area contributed by atoms with Gasteiger partial charge in [0, 0.05) is 12.4 Å². The van der Waals surface area contributed by atoms with Gasteiger partial charge in [0.25, 0.3) is 0 Å². The first kappa shape index (κ1) is 27.0. The van der Waals surface area contributed by atoms with Crippen LogP contribution in [0.25, 0.3) is 0 Å². The third-order valence-corrected chi connectivity index (χ3v) is 7.78. The first-order chi connectivity index (χ1) is 15.9. The molecule has 0 amide bonds. The molecule has 0 spiro atoms. The number of hydrogen-bond acceptors (Lipinski definition) is 4. The van der Waals surface area contributed by atoms with Crippen molar-refractivity contribution < 1.29 is 8.42 Å². The molecule has 2 aromatic rings. The van der Waals surface area contributed by atoms with Crippen LogP contribution in [0.4, 0.5) is 11.4 Å². The van der Waals surface area contributed by atoms with Gasteiger partial charge in [-0.1, -0.05) is 65.5 Å². The van der Waals surface area contributed by atoms with Crippen LogP contribution in [-0.4, -0.2) is 20.8 Å². The van der Waals surface area contributed by atoms with Gasteiger partial charge in [-0.25, -0.2) is 8.42 Å². The monoisotopic (exact) mass is 468 g/mol. The number of nitrogens with zero attached hydrogens (tertiary/aromatic N) is 2. The predicted octanol–water partition coefficient (Wildman–Crippen LogP) is 8.36. The lowest BCUT2D eigenvalue weighted by Gasteiger charge is -2.09. The third kappa shape index (κ3) is 8.54. The van der Waals surface area contributed by atoms with Crippen molar-refractivity contribution in [3.63, 3.8) is 0 Å². The van der Waals surface area contributed by atoms with Crippen LogP contribution < -0.4 is 0 Å². The molecule has 0 aliphatic rings. The average molecular weight is 469 g/mol. The molecule has 0 bridgehead atoms. The Hall–Kier alpha value is -2.27. The summed E-state index contributed by atoms with van der Waals surface area (Å²) in [6.45, 7) is 8.70. The molecule has 0 saturated carbocycles. The van der Waals surface area contributed by atoms with Crippen LogP contribution in [0.5, 0.6) is 0 Å². The summed E-state index contributed by atoms with van der Waals surface area (Å²) in [6, 6.07) is 13.8. The second-order valence-corrected chi connectivity index (χ2v) is 10.6. The quantitative estimate of drug-likeness (QED) is 0.261. The van der Waals surface area contributed by atoms with E-state index in [4.69, 9.17) is 0 Å². The summed E-state index contributed by atoms with van der Waals surface area (Å²) in [6.07, 6.45) is 12.9. The van der Waals surface area contributed by atoms with Gasteiger partial charge in [0.15, 0.2) is 0 Å². The molecule has 2 atom stereocenters. The fourth-order valence-electron chi connectivity index (χ4n) is 3.68. The topological polar surface area (TPSA) is 58.9 Å². The van der Waals surface area contributed by atoms with Gasteiger partial charge in [-0.15, -0.1) is 0 Å². The van der Waals surface area contributed by atoms with Crippen molar-refractivity contribution in [3.05, 3.63) is 48.5 Å². The van der Waals surface area contributed by atoms with Gasteiger partial charge in [-0.05, 0) is 73.9 Å². The van der Waals surface area contributed by atoms with Gasteiger partial charge in [-0.2, -0.15) is 0 Å². The molecule has 2 unspecified atom stereocenters. The highest BCUT2D eigenvalue weighted by atomic mass is 32.2. The van der Waals surface area contributed by atoms with Crippen molar-refractivity contribution in [1.82, 2.24) is 0 Å². The molecule has 0 N–H and O–H groups in total. The maximum Gasteiger partial charge on any atom is 0.206 e. The van der Waals surface area contributed by atoms with E-state index in [1.54, 1.807) is 36.4 Å². The summed E-state index contributed by atoms with van der Waals surface area (Å²) in [5.74, 6) is 0.841. The number of benzene rings is 2. The Morgan fingerprint density at radius 3 is 1.52 bits per heavy atom. The standard InChI is InChI=1S/C28H40N2O2S/c1-5-9-13-23(7-3)21-29-25-15-11-17-27(19-25)33(31,32)28-18-12-16-26(20-28)30-22-24(8-4)14-10-6-2/h11-12,15-24H,5-10,13-14H2,1-4H3. The van der Waals surface area contributed by atoms with Crippen LogP contribution in [0, 0.1) is 11.8 Å². The smallest absolute Gasteiger partial charge is 0.206 e. The zero-order valence-electron chi connectivity index (χ0n) is 20.7. The van der Waals surface area contributed by atoms with E-state index in [0.29, 0.717) is 23.2 Å². The van der Waals surface area contributed by atoms with E-state index < -0.39 is 9.84 Å². The number of hydrogen-bond donors (Lipinski definition) is 0. The molecule has 0 saturated heterocycles. The molecular weight excluding hydrogens is 428 g/mol. The average Bonchev–Trinajstić information content (AvgIpc) is 2.84. The summed E-state index contributed by atoms with van der Waals surface area (Å²) < 4.78 is 26.6. The highest BCUT2D eigenvalue weighted by Gasteiger charge is 2.18. The van der Waals surface area contributed by atoms with Crippen LogP contribution in [0.3, 0.4) is 0 Å². The number of sulfone groups is 1. The van der Waals surface area contributed by atoms with Crippen molar-refractivity contribution in [2.75, 3.05) is 0 Å². The molecule has 0 aromatic heterocycles. The van der Waals surface area contributed by atoms with Gasteiger partial charge in [-0.3, -0.25) is 9.98 Å². The van der Waals surface area contributed by atoms with Crippen molar-refractivity contribution in [2.24, 2.45) is 21.8 Å². The van der Waals surface area contributed by atoms with E-state index in [1.807, 2.05) is 24.6 Å². The molecule has 0 radical (unpaired) electrons. The summed E-state index contributed by atoms with van der Waals surface area (Å²) in [5, 5.41) is 0. The Kier molecular flexibility index (Phi) is 11.5. The van der Waals surface area contributed by atoms with E-state index in [1.165, 1.54) is 25.7 Å². The first-order valence-electron chi connectivity index (χ1n) is 12.5. The second kappa shape index (κ2) is 14.1. The molecule has 2 aromatic carbocycles. The summed E-state index contributed by atoms with van der Waals surface area (Å²) in [7, 11) is -3.65. The molecular formula is C28H40N2O2S. The highest BCUT2D eigenvalue weighted by molar-refractivity contribution is 7.91. The summed E-state index contributed by atoms with van der Waals surface area (Å²) >= 11 is 0. The van der Waals surface area contributed by atoms with Gasteiger partial charge in [0.05, 0.1) is 21.2 Å². The van der Waals surface area contributed by atoms with Crippen LogP contribution >= 0.6 is 0 Å². The van der Waals surface area contributed by atoms with E-state index >= 15 is 0 Å². The Morgan fingerprint density at radius 2 is 1.15 bits per heavy atom. The number of rotatable bonds is 14. The Labute approximate surface area is 201 Å². The van der Waals surface area contributed by atoms with E-state index in [9.17, 15) is 8.42 Å². The van der Waals surface area contributed by atoms with E-state index in [-0.39, 0.29) is 9.79 Å². The van der Waals surface area contributed by atoms with Crippen LogP contribution in [0.1, 0.15) is 79.1 Å². The largest absolute Gasteiger partial charge is 0.261 e. The van der Waals surface area contributed by atoms with Gasteiger partial charge < -0.3 is 0 Å². The molecule has 0 fully saturated rings. The van der Waals surface area contributed by atoms with Crippen molar-refractivity contribution >= 4 is 33.6 Å². The zero-order chi connectivity index (χ0) is 24.1. The first-order valence-corrected chi connectivity index (χ1v) is 14.0. The van der Waals surface area contributed by atoms with Gasteiger partial charge >= 0.3 is 0 Å². The second-order valence-electron chi connectivity index (χ2n) is 8.68. The van der Waals surface area contributed by atoms with Crippen molar-refractivity contribution in [2.45, 2.75) is 88.9 Å². The van der Waals surface area contributed by atoms with Crippen molar-refractivity contribution in [3.8, 4) is 0 Å². The molecule has 180 valence electrons. The minimum absolute atomic E-state index is 0.259. The SMILES string of the molecule is CCCCC(C=Nc1cccc(S(=O)(=O)c2cccc(N=CC(CC)CCCC)c2)c1)CC. The molecule has 0 heterocycles. The molecule has 0 aliphatic heterocycles. The molecule has 33 heavy (non-hydrogen) atoms. The van der Waals surface area contributed by atoms with Crippen LogP contribution in [-0.2, 0) is 9.84 Å². The highest BCUT2D eigenvalue weighted by Crippen LogP contribution is 2.27.